The van der Waals surface area contributed by atoms with Crippen LogP contribution < -0.4 is 9.47 Å². The van der Waals surface area contributed by atoms with Gasteiger partial charge in [0.1, 0.15) is 11.5 Å². The summed E-state index contributed by atoms with van der Waals surface area (Å²) >= 11 is 0. The zero-order valence-electron chi connectivity index (χ0n) is 13.1. The van der Waals surface area contributed by atoms with Crippen molar-refractivity contribution in [3.05, 3.63) is 24.3 Å². The molecular weight excluding hydrogens is 429 g/mol. The lowest BCUT2D eigenvalue weighted by Crippen LogP contribution is -2.62. The summed E-state index contributed by atoms with van der Waals surface area (Å²) in [7, 11) is 1.15. The molecule has 1 aromatic rings. The maximum atomic E-state index is 13.9. The lowest BCUT2D eigenvalue weighted by atomic mass is 10.2. The molecule has 1 unspecified atom stereocenters. The first kappa shape index (κ1) is 23.7. The van der Waals surface area contributed by atoms with E-state index in [0.29, 0.717) is 12.1 Å². The van der Waals surface area contributed by atoms with E-state index in [1.807, 2.05) is 0 Å². The van der Waals surface area contributed by atoms with Crippen LogP contribution >= 0.6 is 0 Å². The van der Waals surface area contributed by atoms with Crippen molar-refractivity contribution in [3.63, 3.8) is 0 Å². The van der Waals surface area contributed by atoms with E-state index in [0.717, 1.165) is 19.2 Å². The highest BCUT2D eigenvalue weighted by atomic mass is 19.4. The van der Waals surface area contributed by atoms with Crippen LogP contribution in [-0.4, -0.2) is 43.3 Å². The molecule has 160 valence electrons. The molecule has 4 nitrogen and oxygen atoms in total. The molecule has 0 saturated carbocycles. The molecule has 0 aliphatic carbocycles. The summed E-state index contributed by atoms with van der Waals surface area (Å²) in [5, 5.41) is 0. The molecular formula is C13H7F11O4. The number of esters is 1. The Morgan fingerprint density at radius 1 is 0.750 bits per heavy atom. The molecule has 1 rings (SSSR count). The topological polar surface area (TPSA) is 44.8 Å². The van der Waals surface area contributed by atoms with Crippen molar-refractivity contribution < 1.29 is 67.3 Å². The summed E-state index contributed by atoms with van der Waals surface area (Å²) < 4.78 is 150. The van der Waals surface area contributed by atoms with Crippen LogP contribution in [0.1, 0.15) is 0 Å². The number of hydrogen-bond donors (Lipinski definition) is 0. The molecule has 0 bridgehead atoms. The molecule has 1 atom stereocenters. The Balaban J connectivity index is 3.26. The van der Waals surface area contributed by atoms with Crippen LogP contribution in [-0.2, 0) is 9.53 Å². The molecule has 28 heavy (non-hydrogen) atoms. The van der Waals surface area contributed by atoms with Gasteiger partial charge in [0.25, 0.3) is 0 Å². The zero-order chi connectivity index (χ0) is 22.2. The average Bonchev–Trinajstić information content (AvgIpc) is 2.52. The summed E-state index contributed by atoms with van der Waals surface area (Å²) in [5.41, 5.74) is 0. The van der Waals surface area contributed by atoms with Crippen molar-refractivity contribution in [1.82, 2.24) is 0 Å². The first-order chi connectivity index (χ1) is 12.4. The maximum absolute atomic E-state index is 13.9. The fourth-order valence-electron chi connectivity index (χ4n) is 1.44. The lowest BCUT2D eigenvalue weighted by molar-refractivity contribution is -0.474. The molecule has 0 N–H and O–H groups in total. The molecule has 0 aliphatic rings. The molecule has 15 heteroatoms. The van der Waals surface area contributed by atoms with Gasteiger partial charge in [-0.05, 0) is 24.3 Å². The van der Waals surface area contributed by atoms with Gasteiger partial charge < -0.3 is 9.47 Å². The van der Waals surface area contributed by atoms with Crippen LogP contribution in [0.4, 0.5) is 48.3 Å². The van der Waals surface area contributed by atoms with E-state index in [-0.39, 0.29) is 5.75 Å². The Hall–Kier alpha value is -2.32. The number of hydrogen-bond acceptors (Lipinski definition) is 4. The van der Waals surface area contributed by atoms with E-state index >= 15 is 0 Å². The van der Waals surface area contributed by atoms with E-state index in [2.05, 4.69) is 14.2 Å². The number of methoxy groups -OCH3 is 1. The van der Waals surface area contributed by atoms with E-state index in [1.165, 1.54) is 0 Å². The lowest BCUT2D eigenvalue weighted by Gasteiger charge is -2.33. The highest BCUT2D eigenvalue weighted by Crippen LogP contribution is 2.51. The number of alkyl halides is 11. The van der Waals surface area contributed by atoms with Crippen LogP contribution in [0.2, 0.25) is 0 Å². The van der Waals surface area contributed by atoms with Crippen LogP contribution in [0.25, 0.3) is 0 Å². The Kier molecular flexibility index (Phi) is 6.14. The third-order valence-corrected chi connectivity index (χ3v) is 2.89. The summed E-state index contributed by atoms with van der Waals surface area (Å²) in [4.78, 5) is 11.4. The maximum Gasteiger partial charge on any atom is 0.462 e. The average molecular weight is 436 g/mol. The van der Waals surface area contributed by atoms with Gasteiger partial charge in [0.05, 0.1) is 7.11 Å². The standard InChI is InChI=1S/C13H7F11O4/c1-26-6-2-4-7(5-3-6)27-8(25)9(14,11(17,18)19)28-13(23,24)10(15,16)12(20,21)22/h2-5H,1H3. The number of carbonyl (C=O) groups is 1. The summed E-state index contributed by atoms with van der Waals surface area (Å²) in [6, 6.07) is 3.25. The molecule has 0 saturated heterocycles. The van der Waals surface area contributed by atoms with Gasteiger partial charge in [0.2, 0.25) is 0 Å². The monoisotopic (exact) mass is 436 g/mol. The van der Waals surface area contributed by atoms with E-state index < -0.39 is 42.0 Å². The summed E-state index contributed by atoms with van der Waals surface area (Å²) in [5.74, 6) is -17.9. The molecule has 0 heterocycles. The van der Waals surface area contributed by atoms with Crippen molar-refractivity contribution in [2.24, 2.45) is 0 Å². The Labute approximate surface area is 147 Å². The largest absolute Gasteiger partial charge is 0.497 e. The molecule has 0 amide bonds. The van der Waals surface area contributed by atoms with Gasteiger partial charge >= 0.3 is 36.2 Å². The van der Waals surface area contributed by atoms with Gasteiger partial charge in [-0.3, -0.25) is 4.74 Å². The van der Waals surface area contributed by atoms with E-state index in [1.54, 1.807) is 0 Å². The zero-order valence-corrected chi connectivity index (χ0v) is 13.1. The highest BCUT2D eigenvalue weighted by Gasteiger charge is 2.80. The molecule has 0 spiro atoms. The fraction of sp³-hybridized carbons (Fsp3) is 0.462. The summed E-state index contributed by atoms with van der Waals surface area (Å²) in [6.45, 7) is 0. The van der Waals surface area contributed by atoms with Crippen LogP contribution in [0.15, 0.2) is 24.3 Å². The van der Waals surface area contributed by atoms with Gasteiger partial charge in [-0.1, -0.05) is 0 Å². The predicted octanol–water partition coefficient (Wildman–Crippen LogP) is 4.64. The van der Waals surface area contributed by atoms with Gasteiger partial charge in [-0.25, -0.2) is 4.79 Å². The quantitative estimate of drug-likeness (QED) is 0.371. The second kappa shape index (κ2) is 7.25. The van der Waals surface area contributed by atoms with Gasteiger partial charge in [0.15, 0.2) is 0 Å². The van der Waals surface area contributed by atoms with Crippen LogP contribution in [0, 0.1) is 0 Å². The highest BCUT2D eigenvalue weighted by molar-refractivity contribution is 5.81. The number of halogens is 11. The van der Waals surface area contributed by atoms with Crippen molar-refractivity contribution in [3.8, 4) is 11.5 Å². The normalized spacial score (nSPS) is 15.7. The molecule has 0 aliphatic heterocycles. The molecule has 0 aromatic heterocycles. The minimum Gasteiger partial charge on any atom is -0.497 e. The molecule has 1 aromatic carbocycles. The number of rotatable bonds is 6. The van der Waals surface area contributed by atoms with Gasteiger partial charge in [-0.2, -0.15) is 48.3 Å². The van der Waals surface area contributed by atoms with Crippen molar-refractivity contribution in [1.29, 1.82) is 0 Å². The molecule has 0 fully saturated rings. The Bertz CT molecular complexity index is 696. The van der Waals surface area contributed by atoms with Gasteiger partial charge in [0, 0.05) is 0 Å². The van der Waals surface area contributed by atoms with Gasteiger partial charge in [-0.15, -0.1) is 0 Å². The SMILES string of the molecule is COc1ccc(OC(=O)C(F)(OC(F)(F)C(F)(F)C(F)(F)F)C(F)(F)F)cc1. The first-order valence-corrected chi connectivity index (χ1v) is 6.53. The van der Waals surface area contributed by atoms with Crippen LogP contribution in [0.3, 0.4) is 0 Å². The van der Waals surface area contributed by atoms with Crippen molar-refractivity contribution in [2.45, 2.75) is 30.2 Å². The second-order valence-corrected chi connectivity index (χ2v) is 4.85. The van der Waals surface area contributed by atoms with E-state index in [9.17, 15) is 53.1 Å². The fourth-order valence-corrected chi connectivity index (χ4v) is 1.44. The third kappa shape index (κ3) is 4.39. The van der Waals surface area contributed by atoms with E-state index in [4.69, 9.17) is 0 Å². The Morgan fingerprint density at radius 3 is 1.54 bits per heavy atom. The number of ether oxygens (including phenoxy) is 3. The number of benzene rings is 1. The minimum absolute atomic E-state index is 0.0507. The smallest absolute Gasteiger partial charge is 0.462 e. The third-order valence-electron chi connectivity index (χ3n) is 2.89. The second-order valence-electron chi connectivity index (χ2n) is 4.85. The Morgan fingerprint density at radius 2 is 1.18 bits per heavy atom. The molecule has 0 radical (unpaired) electrons. The van der Waals surface area contributed by atoms with Crippen LogP contribution in [0.5, 0.6) is 11.5 Å². The first-order valence-electron chi connectivity index (χ1n) is 6.53. The van der Waals surface area contributed by atoms with Crippen molar-refractivity contribution >= 4 is 5.97 Å². The predicted molar refractivity (Wildman–Crippen MR) is 65.6 cm³/mol. The number of carbonyl (C=O) groups excluding carboxylic acids is 1. The minimum atomic E-state index is -7.27. The summed E-state index contributed by atoms with van der Waals surface area (Å²) in [6.07, 6.45) is -21.1. The van der Waals surface area contributed by atoms with Crippen molar-refractivity contribution in [2.75, 3.05) is 7.11 Å².